The number of likely N-dealkylation sites (N-methyl/N-ethyl adjacent to an activating group) is 1. The number of pyridine rings is 2. The van der Waals surface area contributed by atoms with Gasteiger partial charge in [0.15, 0.2) is 0 Å². The van der Waals surface area contributed by atoms with E-state index in [2.05, 4.69) is 69.0 Å². The van der Waals surface area contributed by atoms with E-state index in [1.165, 1.54) is 11.9 Å². The monoisotopic (exact) mass is 650 g/mol. The minimum absolute atomic E-state index is 0.265. The van der Waals surface area contributed by atoms with E-state index in [4.69, 9.17) is 14.7 Å². The van der Waals surface area contributed by atoms with Crippen molar-refractivity contribution >= 4 is 37.5 Å². The zero-order chi connectivity index (χ0) is 35.3. The number of ether oxygens (including phenoxy) is 1. The number of aryl methyl sites for hydroxylation is 2. The summed E-state index contributed by atoms with van der Waals surface area (Å²) in [6.45, 7) is 24.1. The van der Waals surface area contributed by atoms with Crippen molar-refractivity contribution in [3.63, 3.8) is 0 Å². The first kappa shape index (κ1) is 38.3. The summed E-state index contributed by atoms with van der Waals surface area (Å²) in [5, 5.41) is 8.82. The second-order valence-corrected chi connectivity index (χ2v) is 19.3. The van der Waals surface area contributed by atoms with Gasteiger partial charge in [0.05, 0.1) is 16.9 Å². The van der Waals surface area contributed by atoms with Crippen LogP contribution in [0.5, 0.6) is 0 Å². The highest BCUT2D eigenvalue weighted by atomic mass is 28.3. The molecule has 1 atom stereocenters. The largest absolute Gasteiger partial charge is 0.444 e. The number of carbonyl (C=O) groups is 3. The summed E-state index contributed by atoms with van der Waals surface area (Å²) in [6.07, 6.45) is -0.609. The van der Waals surface area contributed by atoms with Crippen molar-refractivity contribution in [2.75, 3.05) is 31.8 Å². The molecule has 11 heteroatoms. The van der Waals surface area contributed by atoms with E-state index in [9.17, 15) is 14.4 Å². The fourth-order valence-corrected chi connectivity index (χ4v) is 11.4. The molecule has 0 aliphatic heterocycles. The van der Waals surface area contributed by atoms with E-state index in [-0.39, 0.29) is 11.7 Å². The maximum absolute atomic E-state index is 13.5. The highest BCUT2D eigenvalue weighted by Gasteiger charge is 2.41. The normalized spacial score (nSPS) is 12.4. The Hall–Kier alpha value is -3.91. The Kier molecular flexibility index (Phi) is 12.6. The Morgan fingerprint density at radius 1 is 0.913 bits per heavy atom. The number of hydrogen-bond donors (Lipinski definition) is 3. The van der Waals surface area contributed by atoms with Crippen molar-refractivity contribution in [3.8, 4) is 22.6 Å². The van der Waals surface area contributed by atoms with Gasteiger partial charge in [0.1, 0.15) is 31.2 Å². The minimum Gasteiger partial charge on any atom is -0.444 e. The zero-order valence-corrected chi connectivity index (χ0v) is 31.4. The standard InChI is InChI=1S/C35H54N6O4Si/c1-20(2)46(21(3)4,22(5)6)17-16-27-18-26(29-23(7)38-24(8)30(31(29)36-13)33(43)37-14)19-28(39-27)40-32(42)25(9)41(15)34(44)45-35(10,11)12/h18-22,25H,1-15H3,(H,36,38)(H,37,43)(H,39,40,42). The van der Waals surface area contributed by atoms with Crippen LogP contribution in [0.4, 0.5) is 16.3 Å². The van der Waals surface area contributed by atoms with Crippen LogP contribution in [-0.2, 0) is 9.53 Å². The number of amides is 3. The van der Waals surface area contributed by atoms with Gasteiger partial charge >= 0.3 is 6.09 Å². The topological polar surface area (TPSA) is 126 Å². The second-order valence-electron chi connectivity index (χ2n) is 13.8. The van der Waals surface area contributed by atoms with Gasteiger partial charge in [0.2, 0.25) is 5.91 Å². The zero-order valence-electron chi connectivity index (χ0n) is 30.4. The lowest BCUT2D eigenvalue weighted by Gasteiger charge is -2.38. The molecule has 2 rings (SSSR count). The second kappa shape index (κ2) is 15.1. The molecular formula is C35H54N6O4Si. The molecule has 0 spiro atoms. The summed E-state index contributed by atoms with van der Waals surface area (Å²) in [4.78, 5) is 49.8. The van der Waals surface area contributed by atoms with Gasteiger partial charge in [-0.25, -0.2) is 9.78 Å². The van der Waals surface area contributed by atoms with Crippen molar-refractivity contribution in [2.45, 2.75) is 111 Å². The number of hydrogen-bond acceptors (Lipinski definition) is 7. The summed E-state index contributed by atoms with van der Waals surface area (Å²) in [5.74, 6) is 2.98. The van der Waals surface area contributed by atoms with Crippen LogP contribution in [0.25, 0.3) is 11.1 Å². The van der Waals surface area contributed by atoms with Gasteiger partial charge < -0.3 is 20.7 Å². The smallest absolute Gasteiger partial charge is 0.410 e. The maximum Gasteiger partial charge on any atom is 0.410 e. The number of anilines is 2. The van der Waals surface area contributed by atoms with Gasteiger partial charge in [-0.1, -0.05) is 47.5 Å². The van der Waals surface area contributed by atoms with E-state index in [0.717, 1.165) is 0 Å². The molecule has 2 heterocycles. The van der Waals surface area contributed by atoms with Crippen molar-refractivity contribution in [1.82, 2.24) is 20.2 Å². The molecule has 46 heavy (non-hydrogen) atoms. The fourth-order valence-electron chi connectivity index (χ4n) is 6.16. The molecule has 2 aromatic heterocycles. The third-order valence-electron chi connectivity index (χ3n) is 8.54. The van der Waals surface area contributed by atoms with Crippen LogP contribution in [0, 0.1) is 25.3 Å². The van der Waals surface area contributed by atoms with Gasteiger partial charge in [-0.2, -0.15) is 0 Å². The van der Waals surface area contributed by atoms with Gasteiger partial charge in [-0.3, -0.25) is 19.5 Å². The first-order valence-electron chi connectivity index (χ1n) is 15.9. The van der Waals surface area contributed by atoms with Gasteiger partial charge in [0, 0.05) is 32.4 Å². The third kappa shape index (κ3) is 8.46. The summed E-state index contributed by atoms with van der Waals surface area (Å²) >= 11 is 0. The molecule has 1 unspecified atom stereocenters. The molecule has 0 aliphatic carbocycles. The molecule has 0 radical (unpaired) electrons. The molecule has 252 valence electrons. The number of rotatable bonds is 9. The predicted octanol–water partition coefficient (Wildman–Crippen LogP) is 6.93. The van der Waals surface area contributed by atoms with E-state index in [1.54, 1.807) is 54.8 Å². The fraction of sp³-hybridized carbons (Fsp3) is 0.571. The highest BCUT2D eigenvalue weighted by molar-refractivity contribution is 6.90. The Labute approximate surface area is 276 Å². The summed E-state index contributed by atoms with van der Waals surface area (Å²) in [7, 11) is 2.75. The molecule has 0 fully saturated rings. The van der Waals surface area contributed by atoms with Crippen LogP contribution in [0.15, 0.2) is 12.1 Å². The summed E-state index contributed by atoms with van der Waals surface area (Å²) in [6, 6.07) is 2.77. The van der Waals surface area contributed by atoms with Gasteiger partial charge in [0.25, 0.3) is 5.91 Å². The summed E-state index contributed by atoms with van der Waals surface area (Å²) in [5.41, 5.74) is 8.48. The maximum atomic E-state index is 13.5. The lowest BCUT2D eigenvalue weighted by molar-refractivity contribution is -0.120. The van der Waals surface area contributed by atoms with Crippen molar-refractivity contribution in [2.24, 2.45) is 0 Å². The lowest BCUT2D eigenvalue weighted by Crippen LogP contribution is -2.45. The van der Waals surface area contributed by atoms with Crippen LogP contribution < -0.4 is 16.0 Å². The molecule has 0 saturated carbocycles. The van der Waals surface area contributed by atoms with Gasteiger partial charge in [-0.05, 0) is 75.9 Å². The number of nitrogens with zero attached hydrogens (tertiary/aromatic N) is 3. The Morgan fingerprint density at radius 3 is 1.96 bits per heavy atom. The van der Waals surface area contributed by atoms with E-state index >= 15 is 0 Å². The molecule has 0 bridgehead atoms. The van der Waals surface area contributed by atoms with E-state index in [0.29, 0.717) is 56.1 Å². The van der Waals surface area contributed by atoms with Gasteiger partial charge in [-0.15, -0.1) is 5.54 Å². The molecule has 0 saturated heterocycles. The molecule has 0 aliphatic rings. The molecular weight excluding hydrogens is 597 g/mol. The average Bonchev–Trinajstić information content (AvgIpc) is 2.94. The van der Waals surface area contributed by atoms with Crippen LogP contribution in [0.2, 0.25) is 16.6 Å². The predicted molar refractivity (Wildman–Crippen MR) is 190 cm³/mol. The molecule has 2 aromatic rings. The quantitative estimate of drug-likeness (QED) is 0.199. The molecule has 10 nitrogen and oxygen atoms in total. The number of carbonyl (C=O) groups excluding carboxylic acids is 3. The Bertz CT molecular complexity index is 1500. The molecule has 3 amide bonds. The number of aromatic nitrogens is 2. The first-order chi connectivity index (χ1) is 21.2. The third-order valence-corrected chi connectivity index (χ3v) is 14.8. The SMILES string of the molecule is CNC(=O)c1c(C)nc(C)c(-c2cc(C#C[Si](C(C)C)(C(C)C)C(C)C)nc(NC(=O)C(C)N(C)C(=O)OC(C)(C)C)c2)c1NC. The minimum atomic E-state index is -2.11. The Balaban J connectivity index is 2.83. The average molecular weight is 651 g/mol. The van der Waals surface area contributed by atoms with E-state index < -0.39 is 31.7 Å². The molecule has 0 aromatic carbocycles. The summed E-state index contributed by atoms with van der Waals surface area (Å²) < 4.78 is 5.46. The van der Waals surface area contributed by atoms with Crippen molar-refractivity contribution in [3.05, 3.63) is 34.8 Å². The van der Waals surface area contributed by atoms with Crippen molar-refractivity contribution in [1.29, 1.82) is 0 Å². The highest BCUT2D eigenvalue weighted by Crippen LogP contribution is 2.41. The first-order valence-corrected chi connectivity index (χ1v) is 18.2. The Morgan fingerprint density at radius 2 is 1.48 bits per heavy atom. The van der Waals surface area contributed by atoms with Crippen LogP contribution >= 0.6 is 0 Å². The van der Waals surface area contributed by atoms with Crippen molar-refractivity contribution < 1.29 is 19.1 Å². The van der Waals surface area contributed by atoms with Crippen LogP contribution in [-0.4, -0.2) is 73.6 Å². The number of nitrogens with one attached hydrogen (secondary N) is 3. The molecule has 3 N–H and O–H groups in total. The van der Waals surface area contributed by atoms with E-state index in [1.807, 2.05) is 13.0 Å². The van der Waals surface area contributed by atoms with Crippen LogP contribution in [0.3, 0.4) is 0 Å². The lowest BCUT2D eigenvalue weighted by atomic mass is 9.97. The van der Waals surface area contributed by atoms with Crippen LogP contribution in [0.1, 0.15) is 96.7 Å².